The van der Waals surface area contributed by atoms with Crippen molar-refractivity contribution in [1.82, 2.24) is 26.6 Å². The second kappa shape index (κ2) is 53.4. The van der Waals surface area contributed by atoms with Gasteiger partial charge >= 0.3 is 0 Å². The normalized spacial score (nSPS) is 13.6. The number of carbonyl (C=O) groups is 7. The van der Waals surface area contributed by atoms with Gasteiger partial charge in [-0.25, -0.2) is 8.80 Å². The molecule has 1 aliphatic heterocycles. The summed E-state index contributed by atoms with van der Waals surface area (Å²) in [5.41, 5.74) is 4.21. The summed E-state index contributed by atoms with van der Waals surface area (Å²) in [6, 6.07) is 3.57. The molecule has 0 aliphatic carbocycles. The number of hydrogen-bond donors (Lipinski definition) is 5. The van der Waals surface area contributed by atoms with Gasteiger partial charge in [-0.2, -0.15) is 0 Å². The fraction of sp³-hybridized carbons (Fsp3) is 0.824. The van der Waals surface area contributed by atoms with Crippen molar-refractivity contribution in [1.29, 1.82) is 0 Å². The topological polar surface area (TPSA) is 238 Å². The van der Waals surface area contributed by atoms with E-state index >= 15 is 0 Å². The molecule has 3 rings (SSSR count). The van der Waals surface area contributed by atoms with E-state index in [4.69, 9.17) is 12.2 Å². The Labute approximate surface area is 796 Å². The Morgan fingerprint density at radius 2 is 0.630 bits per heavy atom. The van der Waals surface area contributed by atoms with Crippen LogP contribution in [0.3, 0.4) is 0 Å². The van der Waals surface area contributed by atoms with Gasteiger partial charge in [0.15, 0.2) is 11.6 Å². The summed E-state index contributed by atoms with van der Waals surface area (Å²) in [7, 11) is -0.400. The van der Waals surface area contributed by atoms with Gasteiger partial charge < -0.3 is 26.6 Å². The van der Waals surface area contributed by atoms with Crippen molar-refractivity contribution in [3.8, 4) is 0 Å². The van der Waals surface area contributed by atoms with Crippen molar-refractivity contribution in [2.75, 3.05) is 19.6 Å². The number of carbonyl (C=O) groups excluding carboxylic acids is 7. The number of rotatable bonds is 20. The zero-order valence-corrected chi connectivity index (χ0v) is 95.6. The third-order valence-corrected chi connectivity index (χ3v) is 19.6. The minimum Gasteiger partial charge on any atom is -0.355 e. The number of thiophene rings is 1. The van der Waals surface area contributed by atoms with Gasteiger partial charge in [-0.15, -0.1) is 11.3 Å². The first-order chi connectivity index (χ1) is 55.3. The third-order valence-electron chi connectivity index (χ3n) is 17.3. The molecular formula is C108H205N7O9S3. The smallest absolute Gasteiger partial charge is 0.230 e. The number of ketones is 3. The zero-order chi connectivity index (χ0) is 103. The van der Waals surface area contributed by atoms with Crippen molar-refractivity contribution >= 4 is 97.5 Å². The van der Waals surface area contributed by atoms with E-state index in [0.29, 0.717) is 67.3 Å². The molecule has 5 N–H and O–H groups in total. The number of Topliss-reactive ketones (excluding diaryl/α,β-unsaturated/α-hetero) is 3. The molecule has 0 saturated heterocycles. The Hall–Kier alpha value is -4.72. The molecule has 0 unspecified atom stereocenters. The van der Waals surface area contributed by atoms with Gasteiger partial charge in [-0.3, -0.25) is 43.2 Å². The number of nitrogens with one attached hydrogen (secondary N) is 5. The van der Waals surface area contributed by atoms with Crippen LogP contribution in [0, 0.1) is 70.4 Å². The van der Waals surface area contributed by atoms with Crippen LogP contribution < -0.4 is 37.4 Å². The van der Waals surface area contributed by atoms with Crippen molar-refractivity contribution < 1.29 is 33.6 Å². The van der Waals surface area contributed by atoms with E-state index in [0.717, 1.165) is 80.7 Å². The highest BCUT2D eigenvalue weighted by Gasteiger charge is 2.37. The van der Waals surface area contributed by atoms with Crippen LogP contribution >= 0.6 is 34.4 Å². The average molecular weight is 1840 g/mol. The predicted octanol–water partition coefficient (Wildman–Crippen LogP) is 28.8. The molecule has 0 bridgehead atoms. The van der Waals surface area contributed by atoms with Gasteiger partial charge in [0.2, 0.25) is 34.5 Å². The number of nitrogens with zero attached hydrogens (tertiary/aromatic N) is 2. The molecule has 744 valence electrons. The molecule has 0 fully saturated rings. The van der Waals surface area contributed by atoms with Gasteiger partial charge in [-0.05, 0) is 183 Å². The van der Waals surface area contributed by atoms with Crippen LogP contribution in [0.2, 0.25) is 0 Å². The first-order valence-corrected chi connectivity index (χ1v) is 49.6. The van der Waals surface area contributed by atoms with Crippen molar-refractivity contribution in [2.24, 2.45) is 79.2 Å². The molecule has 0 saturated carbocycles. The van der Waals surface area contributed by atoms with E-state index in [1.165, 1.54) is 41.9 Å². The van der Waals surface area contributed by atoms with E-state index in [9.17, 15) is 43.2 Å². The lowest BCUT2D eigenvalue weighted by molar-refractivity contribution is -0.131. The second-order valence-electron chi connectivity index (χ2n) is 55.5. The minimum atomic E-state index is -0.400. The fourth-order valence-electron chi connectivity index (χ4n) is 11.6. The molecule has 2 heterocycles. The van der Waals surface area contributed by atoms with Crippen molar-refractivity contribution in [2.45, 2.75) is 491 Å². The lowest BCUT2D eigenvalue weighted by atomic mass is 9.71. The molecule has 127 heavy (non-hydrogen) atoms. The molecule has 2 aromatic rings. The summed E-state index contributed by atoms with van der Waals surface area (Å²) in [6.07, 6.45) is 12.6. The maximum Gasteiger partial charge on any atom is 0.230 e. The largest absolute Gasteiger partial charge is 0.355 e. The Kier molecular flexibility index (Phi) is 55.9. The lowest BCUT2D eigenvalue weighted by Gasteiger charge is -2.30. The van der Waals surface area contributed by atoms with Crippen LogP contribution in [0.4, 0.5) is 0 Å². The van der Waals surface area contributed by atoms with Gasteiger partial charge in [0.05, 0.1) is 21.2 Å². The minimum absolute atomic E-state index is 0.0172. The van der Waals surface area contributed by atoms with Crippen molar-refractivity contribution in [3.63, 3.8) is 0 Å². The molecule has 0 radical (unpaired) electrons. The molecule has 4 amide bonds. The maximum atomic E-state index is 12.1. The quantitative estimate of drug-likeness (QED) is 0.0275. The molecule has 1 aliphatic rings. The first kappa shape index (κ1) is 133. The first-order valence-electron chi connectivity index (χ1n) is 47.0. The molecular weight excluding hydrogens is 1640 g/mol. The summed E-state index contributed by atoms with van der Waals surface area (Å²) >= 11 is 6.68. The van der Waals surface area contributed by atoms with Gasteiger partial charge in [0.1, 0.15) is 12.2 Å². The highest BCUT2D eigenvalue weighted by molar-refractivity contribution is 8.12. The third kappa shape index (κ3) is 80.6. The predicted molar refractivity (Wildman–Crippen MR) is 566 cm³/mol. The zero-order valence-electron chi connectivity index (χ0n) is 93.2. The SMILES string of the molecule is C=S1N=C(C(C)(C)C)C(C(C)(C)C)=N1.CC(C)(C)CC(=O)c1ccc(C(=O)CC(C)(C)C)s1.CC(C)(C)CC(=S)CC(C)(C)C.CC(C)(C)CCCCC(=O)NC(C)(C)C.CC(C)(C)CCCCCC(=O)C(C)(C)C.CC(C)(C)CNC(=O)C(C)(C)C.CC(C)(C)CNCC(C)(C)C.CC(C)(C)NC(=O)CC(=O)NC(C)(C)C.CC(C)(C)c1c(C(C)(C)C)c(=O)c1=O. The van der Waals surface area contributed by atoms with Gasteiger partial charge in [0.25, 0.3) is 0 Å². The lowest BCUT2D eigenvalue weighted by Crippen LogP contribution is -2.48. The van der Waals surface area contributed by atoms with Crippen LogP contribution in [0.25, 0.3) is 0 Å². The summed E-state index contributed by atoms with van der Waals surface area (Å²) in [4.78, 5) is 107. The Morgan fingerprint density at radius 1 is 0.346 bits per heavy atom. The summed E-state index contributed by atoms with van der Waals surface area (Å²) in [5.74, 6) is 4.39. The Bertz CT molecular complexity index is 3640. The highest BCUT2D eigenvalue weighted by atomic mass is 32.2. The monoisotopic (exact) mass is 1840 g/mol. The summed E-state index contributed by atoms with van der Waals surface area (Å²) < 4.78 is 9.07. The van der Waals surface area contributed by atoms with Crippen molar-refractivity contribution in [3.05, 3.63) is 53.5 Å². The molecule has 0 spiro atoms. The average Bonchev–Trinajstić information content (AvgIpc) is 1.61. The highest BCUT2D eigenvalue weighted by Crippen LogP contribution is 2.37. The van der Waals surface area contributed by atoms with Crippen LogP contribution in [-0.4, -0.2) is 99.4 Å². The number of unbranched alkanes of at least 4 members (excludes halogenated alkanes) is 3. The maximum absolute atomic E-state index is 12.1. The Morgan fingerprint density at radius 3 is 0.874 bits per heavy atom. The standard InChI is InChI=1S/C16H24O2S.C14H28O.C13H27NO.C12H18O2.C11H22N2O2.C11H20N2S.C11H22S.C10H21NO.C10H23N/c1-15(2,3)9-11(17)13-7-8-14(19-13)12(18)10-16(4,5)6;1-13(2,3)11-9-7-8-10-12(15)14(4,5)6;1-12(2,3)10-8-7-9-11(15)14-13(4,5)6;1-11(2,3)7-8(12(4,5)6)10(14)9(7)13;1-10(2,3)12-8(14)7-9(15)13-11(4,5)6;1-10(2,3)8-9(11(4,5)6)13-14(7)12-8;1-10(2,3)7-9(12)8-11(4,5)6;1-9(2,3)7-11-8(12)10(4,5)6;1-9(2,3)7-11-8-10(4,5)6/h7-8H,9-10H2,1-6H3;7-11H2,1-6H3;7-10H2,1-6H3,(H,14,15);1-6H3;7H2,1-6H3,(H,12,14)(H,13,15);7H2,1-6H3;7-8H2,1-6H3;7H2,1-6H3,(H,11,12);11H,7-8H2,1-6H3. The van der Waals surface area contributed by atoms with E-state index < -0.39 is 10.9 Å². The summed E-state index contributed by atoms with van der Waals surface area (Å²) in [6.45, 7) is 116. The van der Waals surface area contributed by atoms with E-state index in [1.807, 2.05) is 187 Å². The molecule has 16 nitrogen and oxygen atoms in total. The molecule has 19 heteroatoms. The fourth-order valence-corrected chi connectivity index (χ4v) is 14.5. The van der Waals surface area contributed by atoms with Gasteiger partial charge in [0, 0.05) is 106 Å². The van der Waals surface area contributed by atoms with E-state index in [1.54, 1.807) is 12.1 Å². The molecule has 1 aromatic heterocycles. The van der Waals surface area contributed by atoms with E-state index in [-0.39, 0.29) is 118 Å². The van der Waals surface area contributed by atoms with Gasteiger partial charge in [-0.1, -0.05) is 343 Å². The van der Waals surface area contributed by atoms with Crippen LogP contribution in [0.1, 0.15) is 494 Å². The number of amides is 4. The van der Waals surface area contributed by atoms with E-state index in [2.05, 4.69) is 228 Å². The van der Waals surface area contributed by atoms with Crippen LogP contribution in [0.5, 0.6) is 0 Å². The van der Waals surface area contributed by atoms with Crippen LogP contribution in [-0.2, 0) is 34.8 Å². The molecule has 0 atom stereocenters. The number of hydrogen-bond acceptors (Lipinski definition) is 14. The molecule has 1 aromatic carbocycles. The number of thiocarbonyl (C=S) groups is 1. The Balaban J connectivity index is -0.000000326. The van der Waals surface area contributed by atoms with Crippen LogP contribution in [0.15, 0.2) is 30.5 Å². The second-order valence-corrected chi connectivity index (χ2v) is 58.2. The summed E-state index contributed by atoms with van der Waals surface area (Å²) in [5, 5.41) is 14.8.